The van der Waals surface area contributed by atoms with E-state index in [9.17, 15) is 10.4 Å². The van der Waals surface area contributed by atoms with E-state index in [4.69, 9.17) is 0 Å². The Labute approximate surface area is 162 Å². The summed E-state index contributed by atoms with van der Waals surface area (Å²) < 4.78 is 0. The van der Waals surface area contributed by atoms with Crippen molar-refractivity contribution in [3.63, 3.8) is 0 Å². The predicted molar refractivity (Wildman–Crippen MR) is 106 cm³/mol. The number of allylic oxidation sites excluding steroid dienone is 1. The Kier molecular flexibility index (Phi) is 4.66. The molecule has 3 N–H and O–H groups in total. The van der Waals surface area contributed by atoms with Crippen LogP contribution in [0.3, 0.4) is 0 Å². The molecule has 0 saturated carbocycles. The molecular formula is C18H14N6OS2. The van der Waals surface area contributed by atoms with Crippen LogP contribution in [0.25, 0.3) is 27.3 Å². The molecule has 1 aromatic carbocycles. The number of para-hydroxylation sites is 2. The van der Waals surface area contributed by atoms with Gasteiger partial charge in [-0.2, -0.15) is 5.26 Å². The number of hydrogen-bond donors (Lipinski definition) is 3. The lowest BCUT2D eigenvalue weighted by atomic mass is 10.2. The first-order valence-electron chi connectivity index (χ1n) is 8.07. The second kappa shape index (κ2) is 7.26. The van der Waals surface area contributed by atoms with Crippen molar-refractivity contribution in [3.05, 3.63) is 53.4 Å². The van der Waals surface area contributed by atoms with E-state index in [1.54, 1.807) is 18.3 Å². The number of aromatic amines is 2. The average molecular weight is 394 g/mol. The highest BCUT2D eigenvalue weighted by atomic mass is 32.2. The summed E-state index contributed by atoms with van der Waals surface area (Å²) in [5.74, 6) is 0.961. The lowest BCUT2D eigenvalue weighted by Gasteiger charge is -2.09. The van der Waals surface area contributed by atoms with Crippen LogP contribution in [0.15, 0.2) is 52.7 Å². The van der Waals surface area contributed by atoms with Gasteiger partial charge in [0, 0.05) is 0 Å². The van der Waals surface area contributed by atoms with Crippen molar-refractivity contribution in [2.75, 3.05) is 0 Å². The van der Waals surface area contributed by atoms with Gasteiger partial charge in [-0.3, -0.25) is 5.10 Å². The SMILES string of the molecule is C[C@@H](Sc1n[nH]c(-c2cccs2)n1)/C(O)=C(\C#N)c1nc2ccccc2[nH]1. The first-order valence-corrected chi connectivity index (χ1v) is 9.83. The summed E-state index contributed by atoms with van der Waals surface area (Å²) in [5, 5.41) is 29.3. The van der Waals surface area contributed by atoms with Gasteiger partial charge in [0.15, 0.2) is 11.6 Å². The predicted octanol–water partition coefficient (Wildman–Crippen LogP) is 4.38. The van der Waals surface area contributed by atoms with Gasteiger partial charge in [-0.1, -0.05) is 30.0 Å². The number of thiophene rings is 1. The van der Waals surface area contributed by atoms with E-state index >= 15 is 0 Å². The van der Waals surface area contributed by atoms with Crippen LogP contribution in [0.5, 0.6) is 0 Å². The fraction of sp³-hybridized carbons (Fsp3) is 0.111. The quantitative estimate of drug-likeness (QED) is 0.263. The van der Waals surface area contributed by atoms with Gasteiger partial charge in [-0.15, -0.1) is 16.4 Å². The number of aliphatic hydroxyl groups excluding tert-OH is 1. The van der Waals surface area contributed by atoms with E-state index in [-0.39, 0.29) is 11.3 Å². The zero-order valence-corrected chi connectivity index (χ0v) is 15.8. The number of aromatic nitrogens is 5. The molecule has 0 amide bonds. The number of aliphatic hydroxyl groups is 1. The van der Waals surface area contributed by atoms with Crippen LogP contribution in [-0.4, -0.2) is 35.5 Å². The van der Waals surface area contributed by atoms with E-state index in [0.717, 1.165) is 15.9 Å². The molecule has 0 spiro atoms. The summed E-state index contributed by atoms with van der Waals surface area (Å²) in [5.41, 5.74) is 1.66. The third-order valence-electron chi connectivity index (χ3n) is 3.88. The minimum Gasteiger partial charge on any atom is -0.510 e. The maximum Gasteiger partial charge on any atom is 0.209 e. The molecule has 4 aromatic rings. The highest BCUT2D eigenvalue weighted by Crippen LogP contribution is 2.30. The lowest BCUT2D eigenvalue weighted by Crippen LogP contribution is -2.05. The number of rotatable bonds is 5. The number of H-pyrrole nitrogens is 2. The second-order valence-electron chi connectivity index (χ2n) is 5.68. The van der Waals surface area contributed by atoms with Crippen molar-refractivity contribution in [2.45, 2.75) is 17.3 Å². The second-order valence-corrected chi connectivity index (χ2v) is 7.93. The number of thioether (sulfide) groups is 1. The van der Waals surface area contributed by atoms with Crippen molar-refractivity contribution in [1.29, 1.82) is 5.26 Å². The molecule has 1 atom stereocenters. The largest absolute Gasteiger partial charge is 0.510 e. The minimum absolute atomic E-state index is 0.0657. The van der Waals surface area contributed by atoms with Gasteiger partial charge in [0.2, 0.25) is 5.16 Å². The van der Waals surface area contributed by atoms with E-state index in [1.807, 2.05) is 47.8 Å². The average Bonchev–Trinajstić information content (AvgIpc) is 3.42. The fourth-order valence-electron chi connectivity index (χ4n) is 2.54. The standard InChI is InChI=1S/C18H14N6OS2/c1-10(27-18-22-17(23-24-18)14-7-4-8-26-14)15(25)11(9-19)16-20-12-5-2-3-6-13(12)21-16/h2-8,10,25H,1H3,(H,20,21)(H,22,23,24)/b15-11-/t10-/m1/s1. The van der Waals surface area contributed by atoms with Gasteiger partial charge < -0.3 is 10.1 Å². The Bertz CT molecular complexity index is 1120. The maximum atomic E-state index is 10.6. The first kappa shape index (κ1) is 17.3. The van der Waals surface area contributed by atoms with Crippen LogP contribution >= 0.6 is 23.1 Å². The fourth-order valence-corrected chi connectivity index (χ4v) is 3.99. The van der Waals surface area contributed by atoms with Crippen molar-refractivity contribution >= 4 is 39.7 Å². The number of fused-ring (bicyclic) bond motifs is 1. The zero-order valence-electron chi connectivity index (χ0n) is 14.2. The van der Waals surface area contributed by atoms with Crippen molar-refractivity contribution in [1.82, 2.24) is 25.1 Å². The Hall–Kier alpha value is -3.09. The highest BCUT2D eigenvalue weighted by Gasteiger charge is 2.20. The Morgan fingerprint density at radius 2 is 2.11 bits per heavy atom. The molecular weight excluding hydrogens is 380 g/mol. The number of benzene rings is 1. The van der Waals surface area contributed by atoms with Crippen LogP contribution in [0.4, 0.5) is 0 Å². The summed E-state index contributed by atoms with van der Waals surface area (Å²) in [6, 6.07) is 13.4. The van der Waals surface area contributed by atoms with E-state index in [1.165, 1.54) is 11.8 Å². The Balaban J connectivity index is 1.59. The van der Waals surface area contributed by atoms with E-state index < -0.39 is 5.25 Å². The van der Waals surface area contributed by atoms with Gasteiger partial charge in [0.1, 0.15) is 17.4 Å². The number of imidazole rings is 1. The van der Waals surface area contributed by atoms with Gasteiger partial charge >= 0.3 is 0 Å². The summed E-state index contributed by atoms with van der Waals surface area (Å²) in [6.07, 6.45) is 0. The van der Waals surface area contributed by atoms with Crippen LogP contribution in [0, 0.1) is 11.3 Å². The highest BCUT2D eigenvalue weighted by molar-refractivity contribution is 7.99. The molecule has 3 heterocycles. The topological polar surface area (TPSA) is 114 Å². The summed E-state index contributed by atoms with van der Waals surface area (Å²) in [4.78, 5) is 12.9. The first-order chi connectivity index (χ1) is 13.2. The van der Waals surface area contributed by atoms with E-state index in [2.05, 4.69) is 25.1 Å². The lowest BCUT2D eigenvalue weighted by molar-refractivity contribution is 0.401. The summed E-state index contributed by atoms with van der Waals surface area (Å²) in [7, 11) is 0. The van der Waals surface area contributed by atoms with Crippen LogP contribution in [-0.2, 0) is 0 Å². The molecule has 134 valence electrons. The zero-order chi connectivity index (χ0) is 18.8. The van der Waals surface area contributed by atoms with Gasteiger partial charge in [0.25, 0.3) is 0 Å². The molecule has 4 rings (SSSR count). The Morgan fingerprint density at radius 3 is 2.85 bits per heavy atom. The molecule has 0 aliphatic carbocycles. The van der Waals surface area contributed by atoms with Gasteiger partial charge in [-0.05, 0) is 30.5 Å². The molecule has 0 aliphatic heterocycles. The van der Waals surface area contributed by atoms with Crippen LogP contribution in [0.1, 0.15) is 12.7 Å². The molecule has 0 radical (unpaired) electrons. The number of nitrogens with zero attached hydrogens (tertiary/aromatic N) is 4. The molecule has 0 bridgehead atoms. The summed E-state index contributed by atoms with van der Waals surface area (Å²) >= 11 is 2.83. The van der Waals surface area contributed by atoms with E-state index in [0.29, 0.717) is 16.8 Å². The normalized spacial score (nSPS) is 13.3. The van der Waals surface area contributed by atoms with Crippen molar-refractivity contribution in [2.24, 2.45) is 0 Å². The molecule has 0 saturated heterocycles. The summed E-state index contributed by atoms with van der Waals surface area (Å²) in [6.45, 7) is 1.79. The molecule has 0 unspecified atom stereocenters. The van der Waals surface area contributed by atoms with Crippen molar-refractivity contribution < 1.29 is 5.11 Å². The van der Waals surface area contributed by atoms with Crippen LogP contribution < -0.4 is 0 Å². The molecule has 27 heavy (non-hydrogen) atoms. The molecule has 0 fully saturated rings. The minimum atomic E-state index is -0.417. The molecule has 9 heteroatoms. The van der Waals surface area contributed by atoms with Gasteiger partial charge in [-0.25, -0.2) is 9.97 Å². The molecule has 3 aromatic heterocycles. The smallest absolute Gasteiger partial charge is 0.209 e. The molecule has 0 aliphatic rings. The van der Waals surface area contributed by atoms with Gasteiger partial charge in [0.05, 0.1) is 21.2 Å². The third kappa shape index (κ3) is 3.45. The maximum absolute atomic E-state index is 10.6. The van der Waals surface area contributed by atoms with Crippen LogP contribution in [0.2, 0.25) is 0 Å². The number of nitrogens with one attached hydrogen (secondary N) is 2. The van der Waals surface area contributed by atoms with Crippen molar-refractivity contribution in [3.8, 4) is 16.8 Å². The molecule has 7 nitrogen and oxygen atoms in total. The number of hydrogen-bond acceptors (Lipinski definition) is 7. The number of nitriles is 1. The monoisotopic (exact) mass is 394 g/mol. The Morgan fingerprint density at radius 1 is 1.26 bits per heavy atom. The third-order valence-corrected chi connectivity index (χ3v) is 5.73.